The monoisotopic (exact) mass is 276 g/mol. The van der Waals surface area contributed by atoms with E-state index in [1.165, 1.54) is 16.9 Å². The topological polar surface area (TPSA) is 34.9 Å². The number of thiophene rings is 1. The first-order chi connectivity index (χ1) is 9.20. The van der Waals surface area contributed by atoms with Gasteiger partial charge in [0, 0.05) is 11.4 Å². The number of hydrogen-bond acceptors (Lipinski definition) is 3. The molecule has 0 fully saturated rings. The van der Waals surface area contributed by atoms with Crippen LogP contribution in [0.2, 0.25) is 0 Å². The van der Waals surface area contributed by atoms with Gasteiger partial charge in [-0.15, -0.1) is 11.3 Å². The standard InChI is InChI=1S/C15H20N2OS/c1-3-4-7-17-9-16-14-13(15(17)18)11-6-5-10(2)8-12(11)19-14/h9-10H,3-8H2,1-2H3. The molecular weight excluding hydrogens is 256 g/mol. The van der Waals surface area contributed by atoms with E-state index in [4.69, 9.17) is 0 Å². The summed E-state index contributed by atoms with van der Waals surface area (Å²) in [5.41, 5.74) is 1.46. The Kier molecular flexibility index (Phi) is 3.44. The van der Waals surface area contributed by atoms with Gasteiger partial charge in [-0.3, -0.25) is 9.36 Å². The van der Waals surface area contributed by atoms with E-state index in [1.54, 1.807) is 22.2 Å². The van der Waals surface area contributed by atoms with E-state index in [0.717, 1.165) is 48.4 Å². The fraction of sp³-hybridized carbons (Fsp3) is 0.600. The molecular formula is C15H20N2OS. The highest BCUT2D eigenvalue weighted by Crippen LogP contribution is 2.35. The highest BCUT2D eigenvalue weighted by molar-refractivity contribution is 7.18. The van der Waals surface area contributed by atoms with E-state index in [0.29, 0.717) is 0 Å². The summed E-state index contributed by atoms with van der Waals surface area (Å²) < 4.78 is 1.79. The van der Waals surface area contributed by atoms with Crippen LogP contribution in [0.5, 0.6) is 0 Å². The Hall–Kier alpha value is -1.16. The van der Waals surface area contributed by atoms with Crippen LogP contribution in [-0.2, 0) is 19.4 Å². The van der Waals surface area contributed by atoms with Crippen molar-refractivity contribution >= 4 is 21.6 Å². The molecule has 2 heterocycles. The highest BCUT2D eigenvalue weighted by Gasteiger charge is 2.22. The molecule has 1 aliphatic carbocycles. The van der Waals surface area contributed by atoms with Crippen LogP contribution in [0.3, 0.4) is 0 Å². The Balaban J connectivity index is 2.12. The van der Waals surface area contributed by atoms with Gasteiger partial charge in [0.15, 0.2) is 0 Å². The molecule has 0 N–H and O–H groups in total. The van der Waals surface area contributed by atoms with Crippen molar-refractivity contribution < 1.29 is 0 Å². The van der Waals surface area contributed by atoms with Crippen LogP contribution < -0.4 is 5.56 Å². The van der Waals surface area contributed by atoms with Gasteiger partial charge in [0.05, 0.1) is 11.7 Å². The normalized spacial score (nSPS) is 18.7. The Bertz CT molecular complexity index is 656. The Morgan fingerprint density at radius 2 is 2.37 bits per heavy atom. The summed E-state index contributed by atoms with van der Waals surface area (Å²) >= 11 is 1.73. The minimum Gasteiger partial charge on any atom is -0.299 e. The molecule has 1 unspecified atom stereocenters. The minimum atomic E-state index is 0.172. The number of hydrogen-bond donors (Lipinski definition) is 0. The highest BCUT2D eigenvalue weighted by atomic mass is 32.1. The Morgan fingerprint density at radius 1 is 1.53 bits per heavy atom. The maximum Gasteiger partial charge on any atom is 0.262 e. The number of fused-ring (bicyclic) bond motifs is 3. The fourth-order valence-corrected chi connectivity index (χ4v) is 4.19. The first-order valence-electron chi connectivity index (χ1n) is 7.20. The van der Waals surface area contributed by atoms with Gasteiger partial charge >= 0.3 is 0 Å². The zero-order valence-electron chi connectivity index (χ0n) is 11.6. The third kappa shape index (κ3) is 2.22. The Morgan fingerprint density at radius 3 is 3.16 bits per heavy atom. The maximum atomic E-state index is 12.6. The molecule has 2 aromatic heterocycles. The molecule has 102 valence electrons. The van der Waals surface area contributed by atoms with Crippen LogP contribution in [0.1, 0.15) is 43.6 Å². The van der Waals surface area contributed by atoms with Gasteiger partial charge in [-0.25, -0.2) is 4.98 Å². The average Bonchev–Trinajstić information content (AvgIpc) is 2.76. The molecule has 0 saturated heterocycles. The van der Waals surface area contributed by atoms with E-state index in [9.17, 15) is 4.79 Å². The summed E-state index contributed by atoms with van der Waals surface area (Å²) in [5, 5.41) is 0.908. The quantitative estimate of drug-likeness (QED) is 0.861. The molecule has 0 aliphatic heterocycles. The molecule has 3 nitrogen and oxygen atoms in total. The van der Waals surface area contributed by atoms with Crippen LogP contribution in [-0.4, -0.2) is 9.55 Å². The molecule has 0 spiro atoms. The molecule has 0 amide bonds. The van der Waals surface area contributed by atoms with Crippen molar-refractivity contribution in [2.45, 2.75) is 52.5 Å². The van der Waals surface area contributed by atoms with E-state index in [-0.39, 0.29) is 5.56 Å². The lowest BCUT2D eigenvalue weighted by atomic mass is 9.89. The summed E-state index contributed by atoms with van der Waals surface area (Å²) in [6, 6.07) is 0. The first kappa shape index (κ1) is 12.9. The summed E-state index contributed by atoms with van der Waals surface area (Å²) in [5.74, 6) is 0.739. The third-order valence-electron chi connectivity index (χ3n) is 4.03. The van der Waals surface area contributed by atoms with Crippen molar-refractivity contribution in [3.63, 3.8) is 0 Å². The van der Waals surface area contributed by atoms with Gasteiger partial charge in [0.2, 0.25) is 0 Å². The number of aromatic nitrogens is 2. The second kappa shape index (κ2) is 5.08. The predicted octanol–water partition coefficient (Wildman–Crippen LogP) is 3.38. The van der Waals surface area contributed by atoms with Crippen molar-refractivity contribution in [1.29, 1.82) is 0 Å². The molecule has 4 heteroatoms. The zero-order valence-corrected chi connectivity index (χ0v) is 12.4. The van der Waals surface area contributed by atoms with E-state index in [1.807, 2.05) is 0 Å². The van der Waals surface area contributed by atoms with Crippen LogP contribution in [0.25, 0.3) is 10.2 Å². The second-order valence-corrected chi connectivity index (χ2v) is 6.71. The van der Waals surface area contributed by atoms with Gasteiger partial charge in [-0.05, 0) is 37.2 Å². The molecule has 0 bridgehead atoms. The lowest BCUT2D eigenvalue weighted by Gasteiger charge is -2.17. The average molecular weight is 276 g/mol. The number of nitrogens with zero attached hydrogens (tertiary/aromatic N) is 2. The Labute approximate surface area is 117 Å². The van der Waals surface area contributed by atoms with Crippen LogP contribution in [0, 0.1) is 5.92 Å². The summed E-state index contributed by atoms with van der Waals surface area (Å²) in [6.45, 7) is 5.23. The summed E-state index contributed by atoms with van der Waals surface area (Å²) in [7, 11) is 0. The van der Waals surface area contributed by atoms with Gasteiger partial charge in [-0.1, -0.05) is 20.3 Å². The van der Waals surface area contributed by atoms with Crippen molar-refractivity contribution in [1.82, 2.24) is 9.55 Å². The maximum absolute atomic E-state index is 12.6. The molecule has 0 aromatic carbocycles. The smallest absolute Gasteiger partial charge is 0.262 e. The number of rotatable bonds is 3. The van der Waals surface area contributed by atoms with Crippen LogP contribution >= 0.6 is 11.3 Å². The van der Waals surface area contributed by atoms with E-state index in [2.05, 4.69) is 18.8 Å². The van der Waals surface area contributed by atoms with Gasteiger partial charge in [0.25, 0.3) is 5.56 Å². The zero-order chi connectivity index (χ0) is 13.4. The van der Waals surface area contributed by atoms with Crippen molar-refractivity contribution in [2.24, 2.45) is 5.92 Å². The molecule has 3 rings (SSSR count). The van der Waals surface area contributed by atoms with Crippen LogP contribution in [0.15, 0.2) is 11.1 Å². The van der Waals surface area contributed by atoms with Crippen molar-refractivity contribution in [3.8, 4) is 0 Å². The van der Waals surface area contributed by atoms with Crippen molar-refractivity contribution in [2.75, 3.05) is 0 Å². The first-order valence-corrected chi connectivity index (χ1v) is 8.02. The summed E-state index contributed by atoms with van der Waals surface area (Å²) in [6.07, 6.45) is 7.23. The predicted molar refractivity (Wildman–Crippen MR) is 80.0 cm³/mol. The molecule has 1 atom stereocenters. The SMILES string of the molecule is CCCCn1cnc2sc3c(c2c1=O)CCC(C)C3. The largest absolute Gasteiger partial charge is 0.299 e. The number of unbranched alkanes of at least 4 members (excludes halogenated alkanes) is 1. The lowest BCUT2D eigenvalue weighted by molar-refractivity contribution is 0.509. The second-order valence-electron chi connectivity index (χ2n) is 5.63. The fourth-order valence-electron chi connectivity index (χ4n) is 2.85. The van der Waals surface area contributed by atoms with E-state index < -0.39 is 0 Å². The molecule has 19 heavy (non-hydrogen) atoms. The van der Waals surface area contributed by atoms with Crippen molar-refractivity contribution in [3.05, 3.63) is 27.1 Å². The van der Waals surface area contributed by atoms with Gasteiger partial charge in [0.1, 0.15) is 4.83 Å². The van der Waals surface area contributed by atoms with Gasteiger partial charge in [-0.2, -0.15) is 0 Å². The molecule has 0 saturated carbocycles. The molecule has 1 aliphatic rings. The lowest BCUT2D eigenvalue weighted by Crippen LogP contribution is -2.21. The van der Waals surface area contributed by atoms with Crippen LogP contribution in [0.4, 0.5) is 0 Å². The molecule has 0 radical (unpaired) electrons. The molecule has 2 aromatic rings. The van der Waals surface area contributed by atoms with Gasteiger partial charge < -0.3 is 0 Å². The minimum absolute atomic E-state index is 0.172. The third-order valence-corrected chi connectivity index (χ3v) is 5.20. The van der Waals surface area contributed by atoms with E-state index >= 15 is 0 Å². The number of aryl methyl sites for hydroxylation is 2. The summed E-state index contributed by atoms with van der Waals surface area (Å²) in [4.78, 5) is 19.4.